The number of hydrogen-bond acceptors (Lipinski definition) is 3. The van der Waals surface area contributed by atoms with Gasteiger partial charge in [0.1, 0.15) is 0 Å². The van der Waals surface area contributed by atoms with Gasteiger partial charge in [0.15, 0.2) is 11.6 Å². The Labute approximate surface area is 114 Å². The zero-order valence-corrected chi connectivity index (χ0v) is 11.6. The predicted molar refractivity (Wildman–Crippen MR) is 75.5 cm³/mol. The molecule has 3 nitrogen and oxygen atoms in total. The molecule has 0 aliphatic heterocycles. The molecule has 2 unspecified atom stereocenters. The van der Waals surface area contributed by atoms with Crippen molar-refractivity contribution in [3.05, 3.63) is 18.3 Å². The number of anilines is 1. The number of ether oxygens (including phenoxy) is 1. The van der Waals surface area contributed by atoms with Crippen LogP contribution in [-0.4, -0.2) is 23.5 Å². The lowest BCUT2D eigenvalue weighted by atomic mass is 9.87. The fraction of sp³-hybridized carbons (Fsp3) is 0.643. The molecule has 0 bridgehead atoms. The van der Waals surface area contributed by atoms with Crippen molar-refractivity contribution in [1.29, 1.82) is 0 Å². The normalized spacial score (nSPS) is 23.7. The second-order valence-electron chi connectivity index (χ2n) is 4.81. The molecular weight excluding hydrogens is 248 g/mol. The highest BCUT2D eigenvalue weighted by molar-refractivity contribution is 6.18. The molecule has 0 amide bonds. The molecule has 2 rings (SSSR count). The first-order valence-electron chi connectivity index (χ1n) is 6.73. The molecule has 0 saturated heterocycles. The van der Waals surface area contributed by atoms with Crippen LogP contribution in [0.25, 0.3) is 0 Å². The molecule has 1 heterocycles. The Kier molecular flexibility index (Phi) is 5.12. The minimum atomic E-state index is 0.469. The van der Waals surface area contributed by atoms with Gasteiger partial charge in [0.2, 0.25) is 0 Å². The van der Waals surface area contributed by atoms with Gasteiger partial charge in [-0.05, 0) is 44.2 Å². The summed E-state index contributed by atoms with van der Waals surface area (Å²) in [6.45, 7) is 2.65. The summed E-state index contributed by atoms with van der Waals surface area (Å²) in [6.07, 6.45) is 6.61. The minimum absolute atomic E-state index is 0.469. The van der Waals surface area contributed by atoms with Gasteiger partial charge in [0, 0.05) is 18.1 Å². The number of nitrogens with zero attached hydrogens (tertiary/aromatic N) is 1. The maximum Gasteiger partial charge on any atom is 0.168 e. The monoisotopic (exact) mass is 268 g/mol. The first-order chi connectivity index (χ1) is 8.83. The van der Waals surface area contributed by atoms with Crippen molar-refractivity contribution in [3.8, 4) is 5.75 Å². The largest absolute Gasteiger partial charge is 0.490 e. The molecule has 0 radical (unpaired) electrons. The van der Waals surface area contributed by atoms with Crippen LogP contribution in [-0.2, 0) is 0 Å². The van der Waals surface area contributed by atoms with Crippen LogP contribution in [0.3, 0.4) is 0 Å². The van der Waals surface area contributed by atoms with Gasteiger partial charge in [-0.15, -0.1) is 11.6 Å². The highest BCUT2D eigenvalue weighted by Gasteiger charge is 2.22. The van der Waals surface area contributed by atoms with Crippen LogP contribution in [0, 0.1) is 5.92 Å². The van der Waals surface area contributed by atoms with Crippen molar-refractivity contribution in [3.63, 3.8) is 0 Å². The molecule has 18 heavy (non-hydrogen) atoms. The molecule has 0 aromatic carbocycles. The summed E-state index contributed by atoms with van der Waals surface area (Å²) < 4.78 is 5.58. The summed E-state index contributed by atoms with van der Waals surface area (Å²) in [6, 6.07) is 4.33. The number of halogens is 1. The molecule has 1 fully saturated rings. The van der Waals surface area contributed by atoms with E-state index >= 15 is 0 Å². The van der Waals surface area contributed by atoms with Gasteiger partial charge in [-0.1, -0.05) is 6.42 Å². The molecule has 1 aromatic heterocycles. The number of pyridine rings is 1. The van der Waals surface area contributed by atoms with Crippen LogP contribution in [0.15, 0.2) is 18.3 Å². The summed E-state index contributed by atoms with van der Waals surface area (Å²) in [4.78, 5) is 4.37. The lowest BCUT2D eigenvalue weighted by molar-refractivity contribution is 0.336. The Morgan fingerprint density at radius 3 is 3.17 bits per heavy atom. The van der Waals surface area contributed by atoms with Crippen LogP contribution < -0.4 is 10.1 Å². The minimum Gasteiger partial charge on any atom is -0.490 e. The average Bonchev–Trinajstić information content (AvgIpc) is 2.41. The lowest BCUT2D eigenvalue weighted by Crippen LogP contribution is -2.28. The van der Waals surface area contributed by atoms with Crippen molar-refractivity contribution in [2.45, 2.75) is 38.6 Å². The van der Waals surface area contributed by atoms with Gasteiger partial charge >= 0.3 is 0 Å². The van der Waals surface area contributed by atoms with Crippen LogP contribution in [0.4, 0.5) is 5.82 Å². The lowest BCUT2D eigenvalue weighted by Gasteiger charge is -2.29. The Morgan fingerprint density at radius 2 is 2.39 bits per heavy atom. The van der Waals surface area contributed by atoms with E-state index in [2.05, 4.69) is 10.3 Å². The molecule has 0 spiro atoms. The Balaban J connectivity index is 1.99. The summed E-state index contributed by atoms with van der Waals surface area (Å²) in [5, 5.41) is 3.50. The van der Waals surface area contributed by atoms with Gasteiger partial charge in [0.05, 0.1) is 6.61 Å². The van der Waals surface area contributed by atoms with Crippen LogP contribution in [0.2, 0.25) is 0 Å². The van der Waals surface area contributed by atoms with Crippen LogP contribution in [0.5, 0.6) is 5.75 Å². The Morgan fingerprint density at radius 1 is 1.50 bits per heavy atom. The summed E-state index contributed by atoms with van der Waals surface area (Å²) in [5.41, 5.74) is 0. The zero-order valence-electron chi connectivity index (χ0n) is 10.9. The third-order valence-corrected chi connectivity index (χ3v) is 3.85. The number of nitrogens with one attached hydrogen (secondary N) is 1. The number of rotatable bonds is 5. The molecule has 1 aliphatic rings. The first kappa shape index (κ1) is 13.5. The van der Waals surface area contributed by atoms with Gasteiger partial charge in [-0.2, -0.15) is 0 Å². The van der Waals surface area contributed by atoms with E-state index in [1.807, 2.05) is 19.1 Å². The van der Waals surface area contributed by atoms with Crippen molar-refractivity contribution >= 4 is 17.4 Å². The van der Waals surface area contributed by atoms with Crippen molar-refractivity contribution in [2.75, 3.05) is 17.8 Å². The fourth-order valence-corrected chi connectivity index (χ4v) is 2.81. The summed E-state index contributed by atoms with van der Waals surface area (Å²) in [5.74, 6) is 3.10. The van der Waals surface area contributed by atoms with Crippen molar-refractivity contribution < 1.29 is 4.74 Å². The maximum atomic E-state index is 5.96. The van der Waals surface area contributed by atoms with E-state index in [1.165, 1.54) is 19.3 Å². The molecular formula is C14H21ClN2O. The van der Waals surface area contributed by atoms with Crippen LogP contribution >= 0.6 is 11.6 Å². The molecule has 1 N–H and O–H groups in total. The maximum absolute atomic E-state index is 5.96. The second kappa shape index (κ2) is 6.83. The summed E-state index contributed by atoms with van der Waals surface area (Å²) >= 11 is 5.96. The first-order valence-corrected chi connectivity index (χ1v) is 7.27. The molecule has 1 aliphatic carbocycles. The highest BCUT2D eigenvalue weighted by Crippen LogP contribution is 2.29. The van der Waals surface area contributed by atoms with E-state index in [4.69, 9.17) is 16.3 Å². The average molecular weight is 269 g/mol. The van der Waals surface area contributed by atoms with Crippen molar-refractivity contribution in [1.82, 2.24) is 4.98 Å². The molecule has 100 valence electrons. The van der Waals surface area contributed by atoms with Crippen LogP contribution in [0.1, 0.15) is 32.6 Å². The van der Waals surface area contributed by atoms with E-state index < -0.39 is 0 Å². The number of alkyl halides is 1. The zero-order chi connectivity index (χ0) is 12.8. The van der Waals surface area contributed by atoms with Gasteiger partial charge < -0.3 is 10.1 Å². The molecule has 1 saturated carbocycles. The van der Waals surface area contributed by atoms with E-state index in [-0.39, 0.29) is 0 Å². The highest BCUT2D eigenvalue weighted by atomic mass is 35.5. The SMILES string of the molecule is CCOc1cccnc1NC1CCCC(CCl)C1. The summed E-state index contributed by atoms with van der Waals surface area (Å²) in [7, 11) is 0. The molecule has 2 atom stereocenters. The predicted octanol–water partition coefficient (Wildman–Crippen LogP) is 3.69. The molecule has 4 heteroatoms. The van der Waals surface area contributed by atoms with E-state index in [0.29, 0.717) is 18.6 Å². The quantitative estimate of drug-likeness (QED) is 0.827. The van der Waals surface area contributed by atoms with Gasteiger partial charge in [-0.25, -0.2) is 4.98 Å². The van der Waals surface area contributed by atoms with E-state index in [0.717, 1.165) is 23.9 Å². The topological polar surface area (TPSA) is 34.1 Å². The standard InChI is InChI=1S/C14H21ClN2O/c1-2-18-13-7-4-8-16-14(13)17-12-6-3-5-11(9-12)10-15/h4,7-8,11-12H,2-3,5-6,9-10H2,1H3,(H,16,17). The second-order valence-corrected chi connectivity index (χ2v) is 5.12. The van der Waals surface area contributed by atoms with Crippen molar-refractivity contribution in [2.24, 2.45) is 5.92 Å². The van der Waals surface area contributed by atoms with Gasteiger partial charge in [0.25, 0.3) is 0 Å². The van der Waals surface area contributed by atoms with E-state index in [1.54, 1.807) is 6.20 Å². The third kappa shape index (κ3) is 3.52. The smallest absolute Gasteiger partial charge is 0.168 e. The molecule has 1 aromatic rings. The fourth-order valence-electron chi connectivity index (χ4n) is 2.53. The Hall–Kier alpha value is -0.960. The third-order valence-electron chi connectivity index (χ3n) is 3.41. The number of hydrogen-bond donors (Lipinski definition) is 1. The van der Waals surface area contributed by atoms with Gasteiger partial charge in [-0.3, -0.25) is 0 Å². The number of aromatic nitrogens is 1. The Bertz CT molecular complexity index is 373. The van der Waals surface area contributed by atoms with E-state index in [9.17, 15) is 0 Å².